The van der Waals surface area contributed by atoms with Crippen LogP contribution in [0, 0.1) is 0 Å². The van der Waals surface area contributed by atoms with Crippen LogP contribution in [0.1, 0.15) is 12.8 Å². The van der Waals surface area contributed by atoms with Crippen molar-refractivity contribution in [1.82, 2.24) is 14.7 Å². The molecule has 0 aromatic carbocycles. The molecule has 104 valence electrons. The molecule has 2 aliphatic rings. The van der Waals surface area contributed by atoms with Crippen LogP contribution in [-0.4, -0.2) is 72.2 Å². The van der Waals surface area contributed by atoms with Gasteiger partial charge in [-0.25, -0.2) is 0 Å². The molecule has 1 saturated heterocycles. The lowest BCUT2D eigenvalue weighted by Gasteiger charge is -2.32. The summed E-state index contributed by atoms with van der Waals surface area (Å²) >= 11 is 0. The summed E-state index contributed by atoms with van der Waals surface area (Å²) in [5.41, 5.74) is 0. The summed E-state index contributed by atoms with van der Waals surface area (Å²) in [6.45, 7) is 3.65. The number of likely N-dealkylation sites (N-methyl/N-ethyl adjacent to an activating group) is 1. The summed E-state index contributed by atoms with van der Waals surface area (Å²) in [7, 11) is 2.04. The lowest BCUT2D eigenvalue weighted by Crippen LogP contribution is -2.47. The van der Waals surface area contributed by atoms with Crippen LogP contribution in [0.5, 0.6) is 0 Å². The third-order valence-electron chi connectivity index (χ3n) is 3.53. The smallest absolute Gasteiger partial charge is 0.253 e. The fourth-order valence-electron chi connectivity index (χ4n) is 2.25. The van der Waals surface area contributed by atoms with Gasteiger partial charge in [0.1, 0.15) is 0 Å². The first-order valence-electron chi connectivity index (χ1n) is 6.58. The van der Waals surface area contributed by atoms with Crippen molar-refractivity contribution in [1.29, 1.82) is 0 Å². The summed E-state index contributed by atoms with van der Waals surface area (Å²) in [5, 5.41) is 0. The third kappa shape index (κ3) is 3.41. The molecule has 0 aromatic heterocycles. The van der Waals surface area contributed by atoms with E-state index in [4.69, 9.17) is 0 Å². The first-order chi connectivity index (χ1) is 9.08. The molecule has 6 heteroatoms. The summed E-state index contributed by atoms with van der Waals surface area (Å²) in [6, 6.07) is 0. The Morgan fingerprint density at radius 3 is 2.26 bits per heavy atom. The minimum atomic E-state index is -0.281. The highest BCUT2D eigenvalue weighted by atomic mass is 16.2. The molecule has 6 nitrogen and oxygen atoms in total. The van der Waals surface area contributed by atoms with Crippen LogP contribution >= 0.6 is 0 Å². The summed E-state index contributed by atoms with van der Waals surface area (Å²) in [4.78, 5) is 39.8. The van der Waals surface area contributed by atoms with E-state index in [1.165, 1.54) is 17.1 Å². The lowest BCUT2D eigenvalue weighted by atomic mass is 10.2. The number of hydrogen-bond acceptors (Lipinski definition) is 4. The Hall–Kier alpha value is -1.69. The fourth-order valence-corrected chi connectivity index (χ4v) is 2.25. The molecule has 0 bridgehead atoms. The largest absolute Gasteiger partial charge is 0.340 e. The van der Waals surface area contributed by atoms with Crippen LogP contribution in [-0.2, 0) is 14.4 Å². The van der Waals surface area contributed by atoms with Crippen LogP contribution < -0.4 is 0 Å². The maximum Gasteiger partial charge on any atom is 0.253 e. The Bertz CT molecular complexity index is 393. The van der Waals surface area contributed by atoms with E-state index >= 15 is 0 Å². The van der Waals surface area contributed by atoms with Gasteiger partial charge in [0.2, 0.25) is 5.91 Å². The second-order valence-electron chi connectivity index (χ2n) is 4.95. The number of amides is 3. The van der Waals surface area contributed by atoms with Gasteiger partial charge in [-0.1, -0.05) is 0 Å². The van der Waals surface area contributed by atoms with Crippen molar-refractivity contribution in [2.24, 2.45) is 0 Å². The van der Waals surface area contributed by atoms with Gasteiger partial charge < -0.3 is 9.80 Å². The van der Waals surface area contributed by atoms with E-state index < -0.39 is 0 Å². The first-order valence-corrected chi connectivity index (χ1v) is 6.58. The van der Waals surface area contributed by atoms with Crippen LogP contribution in [0.25, 0.3) is 0 Å². The maximum absolute atomic E-state index is 11.9. The molecule has 2 rings (SSSR count). The molecule has 0 radical (unpaired) electrons. The minimum absolute atomic E-state index is 0.111. The lowest BCUT2D eigenvalue weighted by molar-refractivity contribution is -0.138. The second-order valence-corrected chi connectivity index (χ2v) is 4.95. The van der Waals surface area contributed by atoms with Gasteiger partial charge in [-0.3, -0.25) is 19.3 Å². The Morgan fingerprint density at radius 2 is 1.68 bits per heavy atom. The Kier molecular flexibility index (Phi) is 4.31. The molecule has 0 unspecified atom stereocenters. The van der Waals surface area contributed by atoms with E-state index in [1.54, 1.807) is 0 Å². The van der Waals surface area contributed by atoms with Crippen LogP contribution in [0.4, 0.5) is 0 Å². The zero-order valence-electron chi connectivity index (χ0n) is 11.2. The molecule has 1 fully saturated rings. The number of hydrogen-bond donors (Lipinski definition) is 0. The van der Waals surface area contributed by atoms with Crippen molar-refractivity contribution in [2.45, 2.75) is 12.8 Å². The fraction of sp³-hybridized carbons (Fsp3) is 0.615. The van der Waals surface area contributed by atoms with Gasteiger partial charge in [-0.05, 0) is 13.5 Å². The van der Waals surface area contributed by atoms with Crippen LogP contribution in [0.3, 0.4) is 0 Å². The number of carbonyl (C=O) groups is 3. The second kappa shape index (κ2) is 5.97. The average molecular weight is 265 g/mol. The van der Waals surface area contributed by atoms with E-state index in [-0.39, 0.29) is 17.7 Å². The molecule has 0 spiro atoms. The molecule has 0 aromatic rings. The highest BCUT2D eigenvalue weighted by Gasteiger charge is 2.24. The van der Waals surface area contributed by atoms with Gasteiger partial charge in [0.25, 0.3) is 11.8 Å². The molecular formula is C13H19N3O3. The van der Waals surface area contributed by atoms with Gasteiger partial charge >= 0.3 is 0 Å². The third-order valence-corrected chi connectivity index (χ3v) is 3.53. The summed E-state index contributed by atoms with van der Waals surface area (Å²) < 4.78 is 0. The van der Waals surface area contributed by atoms with Gasteiger partial charge in [-0.15, -0.1) is 0 Å². The molecule has 2 aliphatic heterocycles. The standard InChI is InChI=1S/C13H19N3O3/c1-14-7-9-15(10-8-14)11(17)3-2-6-16-12(18)4-5-13(16)19/h4-5H,2-3,6-10H2,1H3. The number of imide groups is 1. The Balaban J connectivity index is 1.69. The first kappa shape index (κ1) is 13.7. The Labute approximate surface area is 112 Å². The minimum Gasteiger partial charge on any atom is -0.340 e. The van der Waals surface area contributed by atoms with Crippen molar-refractivity contribution in [2.75, 3.05) is 39.8 Å². The molecule has 0 saturated carbocycles. The molecule has 0 atom stereocenters. The van der Waals surface area contributed by atoms with Gasteiger partial charge in [-0.2, -0.15) is 0 Å². The van der Waals surface area contributed by atoms with Crippen molar-refractivity contribution in [3.8, 4) is 0 Å². The molecule has 0 N–H and O–H groups in total. The SMILES string of the molecule is CN1CCN(C(=O)CCCN2C(=O)C=CC2=O)CC1. The van der Waals surface area contributed by atoms with Gasteiger partial charge in [0.15, 0.2) is 0 Å². The van der Waals surface area contributed by atoms with Crippen molar-refractivity contribution in [3.05, 3.63) is 12.2 Å². The molecule has 3 amide bonds. The topological polar surface area (TPSA) is 60.9 Å². The maximum atomic E-state index is 11.9. The number of carbonyl (C=O) groups excluding carboxylic acids is 3. The predicted octanol–water partition coefficient (Wildman–Crippen LogP) is -0.534. The zero-order chi connectivity index (χ0) is 13.8. The van der Waals surface area contributed by atoms with E-state index in [0.717, 1.165) is 26.2 Å². The molecule has 19 heavy (non-hydrogen) atoms. The predicted molar refractivity (Wildman–Crippen MR) is 69.2 cm³/mol. The number of piperazine rings is 1. The number of rotatable bonds is 4. The van der Waals surface area contributed by atoms with Crippen molar-refractivity contribution < 1.29 is 14.4 Å². The Morgan fingerprint density at radius 1 is 1.11 bits per heavy atom. The van der Waals surface area contributed by atoms with E-state index in [9.17, 15) is 14.4 Å². The van der Waals surface area contributed by atoms with Crippen molar-refractivity contribution in [3.63, 3.8) is 0 Å². The van der Waals surface area contributed by atoms with Crippen molar-refractivity contribution >= 4 is 17.7 Å². The normalized spacial score (nSPS) is 20.5. The molecule has 0 aliphatic carbocycles. The monoisotopic (exact) mass is 265 g/mol. The quantitative estimate of drug-likeness (QED) is 0.641. The van der Waals surface area contributed by atoms with Gasteiger partial charge in [0.05, 0.1) is 0 Å². The van der Waals surface area contributed by atoms with Gasteiger partial charge in [0, 0.05) is 51.3 Å². The van der Waals surface area contributed by atoms with Crippen LogP contribution in [0.2, 0.25) is 0 Å². The molecular weight excluding hydrogens is 246 g/mol. The van der Waals surface area contributed by atoms with E-state index in [0.29, 0.717) is 19.4 Å². The molecule has 2 heterocycles. The summed E-state index contributed by atoms with van der Waals surface area (Å²) in [5.74, 6) is -0.450. The average Bonchev–Trinajstić information content (AvgIpc) is 2.71. The zero-order valence-corrected chi connectivity index (χ0v) is 11.2. The summed E-state index contributed by atoms with van der Waals surface area (Å²) in [6.07, 6.45) is 3.46. The highest BCUT2D eigenvalue weighted by molar-refractivity contribution is 6.12. The van der Waals surface area contributed by atoms with E-state index in [2.05, 4.69) is 4.90 Å². The number of nitrogens with zero attached hydrogens (tertiary/aromatic N) is 3. The highest BCUT2D eigenvalue weighted by Crippen LogP contribution is 2.08. The van der Waals surface area contributed by atoms with Crippen LogP contribution in [0.15, 0.2) is 12.2 Å². The van der Waals surface area contributed by atoms with E-state index in [1.807, 2.05) is 11.9 Å².